The minimum absolute atomic E-state index is 0.0224. The van der Waals surface area contributed by atoms with Gasteiger partial charge in [0.05, 0.1) is 39.9 Å². The summed E-state index contributed by atoms with van der Waals surface area (Å²) in [5.41, 5.74) is 0. The Labute approximate surface area is 504 Å². The van der Waals surface area contributed by atoms with Crippen molar-refractivity contribution < 1.29 is 32.9 Å². The number of nitrogens with zero attached hydrogens (tertiary/aromatic N) is 1. The number of hydrogen-bond acceptors (Lipinski definition) is 6. The third-order valence-electron chi connectivity index (χ3n) is 13.4. The lowest BCUT2D eigenvalue weighted by atomic mass is 10.1. The van der Waals surface area contributed by atoms with Crippen LogP contribution in [0.15, 0.2) is 170 Å². The van der Waals surface area contributed by atoms with Crippen molar-refractivity contribution in [2.24, 2.45) is 0 Å². The van der Waals surface area contributed by atoms with Crippen molar-refractivity contribution in [1.29, 1.82) is 0 Å². The van der Waals surface area contributed by atoms with Gasteiger partial charge in [-0.2, -0.15) is 0 Å². The lowest BCUT2D eigenvalue weighted by Crippen LogP contribution is -2.45. The monoisotopic (exact) mass is 1150 g/mol. The zero-order valence-corrected chi connectivity index (χ0v) is 53.8. The van der Waals surface area contributed by atoms with Gasteiger partial charge in [-0.15, -0.1) is 0 Å². The van der Waals surface area contributed by atoms with E-state index in [-0.39, 0.29) is 12.5 Å². The molecular formula is C73H121N2O6P. The van der Waals surface area contributed by atoms with Gasteiger partial charge in [0.2, 0.25) is 5.91 Å². The van der Waals surface area contributed by atoms with E-state index < -0.39 is 26.6 Å². The second-order valence-electron chi connectivity index (χ2n) is 22.4. The first kappa shape index (κ1) is 77.9. The summed E-state index contributed by atoms with van der Waals surface area (Å²) in [6, 6.07) is -0.935. The highest BCUT2D eigenvalue weighted by molar-refractivity contribution is 7.45. The number of unbranched alkanes of at least 4 members (excludes halogenated alkanes) is 18. The van der Waals surface area contributed by atoms with Gasteiger partial charge in [-0.1, -0.05) is 267 Å². The van der Waals surface area contributed by atoms with Crippen molar-refractivity contribution in [3.63, 3.8) is 0 Å². The number of hydrogen-bond donors (Lipinski definition) is 2. The number of amides is 1. The van der Waals surface area contributed by atoms with Crippen LogP contribution in [0, 0.1) is 0 Å². The minimum atomic E-state index is -4.63. The fourth-order valence-corrected chi connectivity index (χ4v) is 9.09. The molecule has 8 nitrogen and oxygen atoms in total. The fourth-order valence-electron chi connectivity index (χ4n) is 8.37. The molecular weight excluding hydrogens is 1030 g/mol. The molecule has 0 aromatic heterocycles. The highest BCUT2D eigenvalue weighted by atomic mass is 31.2. The maximum absolute atomic E-state index is 13.0. The van der Waals surface area contributed by atoms with Crippen LogP contribution in [0.3, 0.4) is 0 Å². The van der Waals surface area contributed by atoms with Gasteiger partial charge >= 0.3 is 0 Å². The normalized spacial score (nSPS) is 14.9. The van der Waals surface area contributed by atoms with Crippen molar-refractivity contribution in [2.45, 2.75) is 244 Å². The molecule has 0 aromatic rings. The highest BCUT2D eigenvalue weighted by Crippen LogP contribution is 2.38. The third-order valence-corrected chi connectivity index (χ3v) is 14.4. The molecule has 2 N–H and O–H groups in total. The fraction of sp³-hybridized carbons (Fsp3) is 0.603. The molecule has 0 bridgehead atoms. The average molecular weight is 1150 g/mol. The molecule has 9 heteroatoms. The number of aliphatic hydroxyl groups is 1. The molecule has 0 saturated heterocycles. The second-order valence-corrected chi connectivity index (χ2v) is 23.8. The van der Waals surface area contributed by atoms with E-state index in [1.807, 2.05) is 27.2 Å². The van der Waals surface area contributed by atoms with Gasteiger partial charge in [-0.05, 0) is 128 Å². The van der Waals surface area contributed by atoms with Gasteiger partial charge < -0.3 is 28.8 Å². The lowest BCUT2D eigenvalue weighted by Gasteiger charge is -2.29. The number of aliphatic hydroxyl groups excluding tert-OH is 1. The maximum Gasteiger partial charge on any atom is 0.268 e. The summed E-state index contributed by atoms with van der Waals surface area (Å²) < 4.78 is 23.3. The molecule has 0 spiro atoms. The molecule has 0 saturated carbocycles. The number of quaternary nitrogens is 1. The largest absolute Gasteiger partial charge is 0.756 e. The van der Waals surface area contributed by atoms with Crippen LogP contribution in [0.4, 0.5) is 0 Å². The van der Waals surface area contributed by atoms with Crippen molar-refractivity contribution in [3.8, 4) is 0 Å². The SMILES string of the molecule is CC/C=C\C/C=C\C/C=C\C/C=C\C/C=C\C/C=C\C/C=C\C/C=C\C/C=C\C/C=C\C/C=C\CCCCCCCC(=O)NC(COP(=O)([O-])OCC[N+](C)(C)C)C(O)/C=C/CC/C=C/CC/C=C/CCCCCCCCCCCCC. The van der Waals surface area contributed by atoms with Gasteiger partial charge in [0.25, 0.3) is 7.82 Å². The molecule has 0 heterocycles. The Morgan fingerprint density at radius 2 is 0.756 bits per heavy atom. The van der Waals surface area contributed by atoms with Crippen molar-refractivity contribution in [3.05, 3.63) is 170 Å². The summed E-state index contributed by atoms with van der Waals surface area (Å²) in [6.45, 7) is 4.48. The zero-order valence-electron chi connectivity index (χ0n) is 52.9. The molecule has 0 aliphatic carbocycles. The Morgan fingerprint density at radius 1 is 0.439 bits per heavy atom. The number of carbonyl (C=O) groups excluding carboxylic acids is 1. The van der Waals surface area contributed by atoms with Crippen LogP contribution >= 0.6 is 7.82 Å². The lowest BCUT2D eigenvalue weighted by molar-refractivity contribution is -0.870. The van der Waals surface area contributed by atoms with E-state index in [0.717, 1.165) is 135 Å². The Morgan fingerprint density at radius 3 is 1.13 bits per heavy atom. The molecule has 0 radical (unpaired) electrons. The zero-order chi connectivity index (χ0) is 59.8. The predicted molar refractivity (Wildman–Crippen MR) is 357 cm³/mol. The van der Waals surface area contributed by atoms with Crippen molar-refractivity contribution in [2.75, 3.05) is 40.9 Å². The van der Waals surface area contributed by atoms with Crippen molar-refractivity contribution >= 4 is 13.7 Å². The quantitative estimate of drug-likeness (QED) is 0.0272. The van der Waals surface area contributed by atoms with Crippen LogP contribution in [0.25, 0.3) is 0 Å². The van der Waals surface area contributed by atoms with Crippen LogP contribution in [0.2, 0.25) is 0 Å². The minimum Gasteiger partial charge on any atom is -0.756 e. The number of rotatable bonds is 57. The van der Waals surface area contributed by atoms with Gasteiger partial charge in [-0.25, -0.2) is 0 Å². The summed E-state index contributed by atoms with van der Waals surface area (Å²) in [5, 5.41) is 13.9. The van der Waals surface area contributed by atoms with E-state index >= 15 is 0 Å². The molecule has 0 aliphatic rings. The predicted octanol–water partition coefficient (Wildman–Crippen LogP) is 20.1. The summed E-state index contributed by atoms with van der Waals surface area (Å²) in [7, 11) is 1.20. The van der Waals surface area contributed by atoms with E-state index in [1.54, 1.807) is 6.08 Å². The van der Waals surface area contributed by atoms with Gasteiger partial charge in [-0.3, -0.25) is 9.36 Å². The van der Waals surface area contributed by atoms with Gasteiger partial charge in [0, 0.05) is 6.42 Å². The average Bonchev–Trinajstić information content (AvgIpc) is 3.46. The van der Waals surface area contributed by atoms with Crippen LogP contribution in [-0.2, 0) is 18.4 Å². The summed E-state index contributed by atoms with van der Waals surface area (Å²) in [4.78, 5) is 25.6. The number of nitrogens with one attached hydrogen (secondary N) is 1. The van der Waals surface area contributed by atoms with E-state index in [0.29, 0.717) is 17.4 Å². The molecule has 3 atom stereocenters. The topological polar surface area (TPSA) is 108 Å². The van der Waals surface area contributed by atoms with Gasteiger partial charge in [0.1, 0.15) is 13.2 Å². The summed E-state index contributed by atoms with van der Waals surface area (Å²) >= 11 is 0. The Bertz CT molecular complexity index is 1940. The summed E-state index contributed by atoms with van der Waals surface area (Å²) in [5.74, 6) is -0.237. The first-order chi connectivity index (χ1) is 40.0. The number of phosphoric acid groups is 1. The molecule has 1 amide bonds. The smallest absolute Gasteiger partial charge is 0.268 e. The van der Waals surface area contributed by atoms with E-state index in [1.165, 1.54) is 77.0 Å². The van der Waals surface area contributed by atoms with Crippen LogP contribution < -0.4 is 10.2 Å². The number of carbonyl (C=O) groups is 1. The molecule has 82 heavy (non-hydrogen) atoms. The number of phosphoric ester groups is 1. The molecule has 0 rings (SSSR count). The summed E-state index contributed by atoms with van der Waals surface area (Å²) in [6.07, 6.45) is 97.4. The number of allylic oxidation sites excluding steroid dienone is 27. The molecule has 0 aromatic carbocycles. The molecule has 0 aliphatic heterocycles. The van der Waals surface area contributed by atoms with E-state index in [9.17, 15) is 19.4 Å². The maximum atomic E-state index is 13.0. The first-order valence-corrected chi connectivity index (χ1v) is 34.0. The highest BCUT2D eigenvalue weighted by Gasteiger charge is 2.23. The Kier molecular flexibility index (Phi) is 58.3. The first-order valence-electron chi connectivity index (χ1n) is 32.5. The van der Waals surface area contributed by atoms with Crippen LogP contribution in [0.5, 0.6) is 0 Å². The van der Waals surface area contributed by atoms with E-state index in [4.69, 9.17) is 9.05 Å². The van der Waals surface area contributed by atoms with Crippen molar-refractivity contribution in [1.82, 2.24) is 5.32 Å². The molecule has 464 valence electrons. The molecule has 3 unspecified atom stereocenters. The van der Waals surface area contributed by atoms with E-state index in [2.05, 4.69) is 177 Å². The van der Waals surface area contributed by atoms with Gasteiger partial charge in [0.15, 0.2) is 0 Å². The van der Waals surface area contributed by atoms with Crippen LogP contribution in [0.1, 0.15) is 232 Å². The number of likely N-dealkylation sites (N-methyl/N-ethyl adjacent to an activating group) is 1. The second kappa shape index (κ2) is 61.4. The Balaban J connectivity index is 4.28. The third kappa shape index (κ3) is 63.4. The van der Waals surface area contributed by atoms with Crippen LogP contribution in [-0.4, -0.2) is 68.5 Å². The standard InChI is InChI=1S/C73H121N2O6P/c1-6-8-10-12-14-16-18-20-22-24-26-28-29-30-31-32-33-34-35-36-37-38-39-40-41-42-43-44-45-47-49-51-53-55-57-59-61-63-65-67-73(77)74-71(70-81-82(78,79)80-69-68-75(3,4)5)72(76)66-64-62-60-58-56-54-52-50-48-46-27-25-23-21-19-17-15-13-11-9-7-2/h8,10,14,16,20,22,26,28,30-31,33-34,36-37,39-40,42-43,45,47-48,50-51,53,56,58,64,66,71-72,76H,6-7,9,11-13,15,17-19,21,23-25,27,29,32,35,38,41,44,46,49,52,54-55,57,59-63,65,67-70H2,1-5H3,(H-,74,77,78,79)/b10-8-,16-14-,22-20-,28-26-,31-30-,34-33-,37-36-,40-39-,43-42-,47-45-,50-48+,53-51-,58-56+,66-64+. The molecule has 0 fully saturated rings. The Hall–Kier alpha value is -4.14.